The monoisotopic (exact) mass is 354 g/mol. The third kappa shape index (κ3) is 15.4. The van der Waals surface area contributed by atoms with Crippen LogP contribution in [0.4, 0.5) is 0 Å². The fraction of sp³-hybridized carbons (Fsp3) is 0.957. The Morgan fingerprint density at radius 3 is 1.64 bits per heavy atom. The Balaban J connectivity index is 4.04. The van der Waals surface area contributed by atoms with Gasteiger partial charge in [-0.25, -0.2) is 0 Å². The molecule has 0 amide bonds. The summed E-state index contributed by atoms with van der Waals surface area (Å²) in [5.74, 6) is 0.207. The van der Waals surface area contributed by atoms with Crippen LogP contribution in [0.1, 0.15) is 130 Å². The topological polar surface area (TPSA) is 26.3 Å². The quantitative estimate of drug-likeness (QED) is 0.185. The molecule has 0 N–H and O–H groups in total. The molecule has 0 spiro atoms. The second kappa shape index (κ2) is 18.3. The Hall–Kier alpha value is -0.530. The molecule has 2 atom stereocenters. The Morgan fingerprint density at radius 2 is 1.08 bits per heavy atom. The summed E-state index contributed by atoms with van der Waals surface area (Å²) in [6.45, 7) is 8.72. The Labute approximate surface area is 158 Å². The van der Waals surface area contributed by atoms with E-state index in [1.54, 1.807) is 0 Å². The molecule has 0 heterocycles. The van der Waals surface area contributed by atoms with Crippen molar-refractivity contribution in [3.05, 3.63) is 0 Å². The summed E-state index contributed by atoms with van der Waals surface area (Å²) in [6, 6.07) is 0. The Kier molecular flexibility index (Phi) is 17.9. The zero-order valence-corrected chi connectivity index (χ0v) is 17.8. The van der Waals surface area contributed by atoms with E-state index in [9.17, 15) is 4.79 Å². The summed E-state index contributed by atoms with van der Waals surface area (Å²) >= 11 is 0. The molecule has 0 bridgehead atoms. The van der Waals surface area contributed by atoms with Crippen LogP contribution in [0.5, 0.6) is 0 Å². The zero-order chi connectivity index (χ0) is 18.8. The third-order valence-corrected chi connectivity index (χ3v) is 5.18. The lowest BCUT2D eigenvalue weighted by Crippen LogP contribution is -2.23. The first-order valence-electron chi connectivity index (χ1n) is 11.4. The molecule has 0 aromatic carbocycles. The van der Waals surface area contributed by atoms with Gasteiger partial charge in [0.2, 0.25) is 0 Å². The first kappa shape index (κ1) is 24.5. The van der Waals surface area contributed by atoms with Crippen LogP contribution in [-0.2, 0) is 9.53 Å². The number of hydrogen-bond acceptors (Lipinski definition) is 2. The standard InChI is InChI=1S/C23H46O2/c1-5-8-11-12-13-14-15-17-20-22(19-16-9-6-2)23(24)25-21(4)18-10-7-3/h21-22H,5-20H2,1-4H3. The van der Waals surface area contributed by atoms with Gasteiger partial charge in [0.15, 0.2) is 0 Å². The molecule has 0 radical (unpaired) electrons. The number of ether oxygens (including phenoxy) is 1. The highest BCUT2D eigenvalue weighted by atomic mass is 16.5. The number of esters is 1. The highest BCUT2D eigenvalue weighted by Gasteiger charge is 2.21. The lowest BCUT2D eigenvalue weighted by atomic mass is 9.94. The van der Waals surface area contributed by atoms with Gasteiger partial charge in [0.05, 0.1) is 12.0 Å². The van der Waals surface area contributed by atoms with Crippen LogP contribution >= 0.6 is 0 Å². The molecular formula is C23H46O2. The normalized spacial score (nSPS) is 13.6. The first-order valence-corrected chi connectivity index (χ1v) is 11.4. The molecule has 2 unspecified atom stereocenters. The van der Waals surface area contributed by atoms with Gasteiger partial charge in [-0.05, 0) is 26.2 Å². The average Bonchev–Trinajstić information content (AvgIpc) is 2.60. The number of carbonyl (C=O) groups excluding carboxylic acids is 1. The van der Waals surface area contributed by atoms with E-state index >= 15 is 0 Å². The van der Waals surface area contributed by atoms with Crippen LogP contribution in [0.2, 0.25) is 0 Å². The predicted octanol–water partition coefficient (Wildman–Crippen LogP) is 7.84. The third-order valence-electron chi connectivity index (χ3n) is 5.18. The lowest BCUT2D eigenvalue weighted by Gasteiger charge is -2.19. The van der Waals surface area contributed by atoms with E-state index in [1.165, 1.54) is 70.6 Å². The largest absolute Gasteiger partial charge is 0.462 e. The van der Waals surface area contributed by atoms with Gasteiger partial charge in [0.25, 0.3) is 0 Å². The van der Waals surface area contributed by atoms with Crippen molar-refractivity contribution in [3.8, 4) is 0 Å². The maximum atomic E-state index is 12.5. The molecule has 150 valence electrons. The average molecular weight is 355 g/mol. The molecule has 0 saturated carbocycles. The summed E-state index contributed by atoms with van der Waals surface area (Å²) in [4.78, 5) is 12.5. The van der Waals surface area contributed by atoms with Gasteiger partial charge in [-0.1, -0.05) is 104 Å². The van der Waals surface area contributed by atoms with Gasteiger partial charge in [0, 0.05) is 0 Å². The number of carbonyl (C=O) groups is 1. The van der Waals surface area contributed by atoms with Crippen LogP contribution < -0.4 is 0 Å². The van der Waals surface area contributed by atoms with Crippen LogP contribution in [0, 0.1) is 5.92 Å². The molecule has 0 fully saturated rings. The number of rotatable bonds is 18. The molecule has 0 saturated heterocycles. The van der Waals surface area contributed by atoms with Gasteiger partial charge in [-0.2, -0.15) is 0 Å². The molecule has 0 aromatic heterocycles. The van der Waals surface area contributed by atoms with Gasteiger partial charge in [-0.15, -0.1) is 0 Å². The molecule has 0 aliphatic rings. The van der Waals surface area contributed by atoms with Gasteiger partial charge in [-0.3, -0.25) is 4.79 Å². The van der Waals surface area contributed by atoms with E-state index in [0.717, 1.165) is 32.1 Å². The smallest absolute Gasteiger partial charge is 0.309 e. The number of unbranched alkanes of at least 4 members (excludes halogenated alkanes) is 10. The minimum atomic E-state index is 0.0719. The van der Waals surface area contributed by atoms with Crippen molar-refractivity contribution in [2.75, 3.05) is 0 Å². The highest BCUT2D eigenvalue weighted by Crippen LogP contribution is 2.21. The second-order valence-corrected chi connectivity index (χ2v) is 7.85. The Bertz CT molecular complexity index is 288. The summed E-state index contributed by atoms with van der Waals surface area (Å²) in [6.07, 6.45) is 19.7. The van der Waals surface area contributed by atoms with E-state index in [1.807, 2.05) is 6.92 Å². The summed E-state index contributed by atoms with van der Waals surface area (Å²) in [5.41, 5.74) is 0. The van der Waals surface area contributed by atoms with Crippen molar-refractivity contribution >= 4 is 5.97 Å². The second-order valence-electron chi connectivity index (χ2n) is 7.85. The molecule has 0 aromatic rings. The van der Waals surface area contributed by atoms with Crippen LogP contribution in [-0.4, -0.2) is 12.1 Å². The molecule has 2 nitrogen and oxygen atoms in total. The SMILES string of the molecule is CCCCCCCCCCC(CCCCC)C(=O)OC(C)CCCC. The van der Waals surface area contributed by atoms with E-state index in [4.69, 9.17) is 4.74 Å². The van der Waals surface area contributed by atoms with Crippen LogP contribution in [0.25, 0.3) is 0 Å². The highest BCUT2D eigenvalue weighted by molar-refractivity contribution is 5.72. The summed E-state index contributed by atoms with van der Waals surface area (Å²) < 4.78 is 5.73. The van der Waals surface area contributed by atoms with E-state index in [0.29, 0.717) is 0 Å². The van der Waals surface area contributed by atoms with Crippen molar-refractivity contribution in [2.45, 2.75) is 137 Å². The lowest BCUT2D eigenvalue weighted by molar-refractivity contribution is -0.154. The maximum Gasteiger partial charge on any atom is 0.309 e. The summed E-state index contributed by atoms with van der Waals surface area (Å²) in [5, 5.41) is 0. The summed E-state index contributed by atoms with van der Waals surface area (Å²) in [7, 11) is 0. The van der Waals surface area contributed by atoms with Crippen LogP contribution in [0.15, 0.2) is 0 Å². The Morgan fingerprint density at radius 1 is 0.640 bits per heavy atom. The van der Waals surface area contributed by atoms with Crippen molar-refractivity contribution in [1.29, 1.82) is 0 Å². The molecule has 2 heteroatoms. The van der Waals surface area contributed by atoms with Gasteiger partial charge >= 0.3 is 5.97 Å². The molecule has 0 aliphatic carbocycles. The van der Waals surface area contributed by atoms with E-state index in [2.05, 4.69) is 20.8 Å². The fourth-order valence-corrected chi connectivity index (χ4v) is 3.39. The molecule has 0 aliphatic heterocycles. The molecular weight excluding hydrogens is 308 g/mol. The molecule has 25 heavy (non-hydrogen) atoms. The van der Waals surface area contributed by atoms with E-state index < -0.39 is 0 Å². The van der Waals surface area contributed by atoms with Crippen molar-refractivity contribution in [3.63, 3.8) is 0 Å². The van der Waals surface area contributed by atoms with Gasteiger partial charge < -0.3 is 4.74 Å². The van der Waals surface area contributed by atoms with Gasteiger partial charge in [0.1, 0.15) is 0 Å². The minimum Gasteiger partial charge on any atom is -0.462 e. The first-order chi connectivity index (χ1) is 12.2. The minimum absolute atomic E-state index is 0.0719. The molecule has 0 rings (SSSR count). The van der Waals surface area contributed by atoms with Crippen molar-refractivity contribution < 1.29 is 9.53 Å². The van der Waals surface area contributed by atoms with Crippen molar-refractivity contribution in [1.82, 2.24) is 0 Å². The zero-order valence-electron chi connectivity index (χ0n) is 17.8. The maximum absolute atomic E-state index is 12.5. The fourth-order valence-electron chi connectivity index (χ4n) is 3.39. The predicted molar refractivity (Wildman–Crippen MR) is 110 cm³/mol. The van der Waals surface area contributed by atoms with E-state index in [-0.39, 0.29) is 18.0 Å². The van der Waals surface area contributed by atoms with Crippen molar-refractivity contribution in [2.24, 2.45) is 5.92 Å². The number of hydrogen-bond donors (Lipinski definition) is 0. The van der Waals surface area contributed by atoms with Crippen LogP contribution in [0.3, 0.4) is 0 Å².